The van der Waals surface area contributed by atoms with Crippen LogP contribution in [-0.4, -0.2) is 71.9 Å². The summed E-state index contributed by atoms with van der Waals surface area (Å²) in [6.45, 7) is 5.33. The number of benzene rings is 2. The third kappa shape index (κ3) is 5.95. The van der Waals surface area contributed by atoms with Crippen LogP contribution in [0.1, 0.15) is 24.3 Å². The Hall–Kier alpha value is -2.23. The summed E-state index contributed by atoms with van der Waals surface area (Å²) < 4.78 is 6.97. The topological polar surface area (TPSA) is 77.9 Å². The summed E-state index contributed by atoms with van der Waals surface area (Å²) in [6.07, 6.45) is 2.16. The first-order valence-electron chi connectivity index (χ1n) is 12.2. The molecule has 2 aliphatic heterocycles. The number of thiazole rings is 1. The molecule has 186 valence electrons. The fourth-order valence-corrected chi connectivity index (χ4v) is 5.87. The number of aliphatic hydroxyl groups is 1. The summed E-state index contributed by atoms with van der Waals surface area (Å²) in [4.78, 5) is 21.5. The lowest BCUT2D eigenvalue weighted by atomic mass is 10.0. The van der Waals surface area contributed by atoms with Gasteiger partial charge in [0.2, 0.25) is 5.91 Å². The molecule has 2 aromatic carbocycles. The normalized spacial score (nSPS) is 20.6. The quantitative estimate of drug-likeness (QED) is 0.475. The molecule has 2 saturated heterocycles. The van der Waals surface area contributed by atoms with E-state index >= 15 is 0 Å². The molecule has 1 aromatic heterocycles. The summed E-state index contributed by atoms with van der Waals surface area (Å²) in [5.74, 6) is 0.868. The number of fused-ring (bicyclic) bond motifs is 1. The van der Waals surface area contributed by atoms with Crippen LogP contribution >= 0.6 is 22.9 Å². The Bertz CT molecular complexity index is 1160. The van der Waals surface area contributed by atoms with Gasteiger partial charge < -0.3 is 25.0 Å². The van der Waals surface area contributed by atoms with Crippen molar-refractivity contribution in [3.05, 3.63) is 52.5 Å². The number of carbonyl (C=O) groups is 1. The Morgan fingerprint density at radius 3 is 2.71 bits per heavy atom. The van der Waals surface area contributed by atoms with Crippen LogP contribution in [-0.2, 0) is 4.79 Å². The third-order valence-electron chi connectivity index (χ3n) is 6.75. The molecule has 35 heavy (non-hydrogen) atoms. The number of nitrogens with zero attached hydrogens (tertiary/aromatic N) is 3. The molecule has 0 bridgehead atoms. The van der Waals surface area contributed by atoms with Crippen molar-refractivity contribution in [2.75, 3.05) is 37.7 Å². The molecule has 7 nitrogen and oxygen atoms in total. The van der Waals surface area contributed by atoms with Crippen LogP contribution in [0.4, 0.5) is 5.69 Å². The van der Waals surface area contributed by atoms with Gasteiger partial charge in [-0.15, -0.1) is 11.3 Å². The minimum absolute atomic E-state index is 0.133. The molecular formula is C26H31ClN4O3S. The van der Waals surface area contributed by atoms with Crippen LogP contribution in [0.2, 0.25) is 5.02 Å². The summed E-state index contributed by atoms with van der Waals surface area (Å²) in [6, 6.07) is 13.5. The van der Waals surface area contributed by atoms with E-state index in [0.717, 1.165) is 65.6 Å². The monoisotopic (exact) mass is 514 g/mol. The maximum absolute atomic E-state index is 12.9. The second-order valence-corrected chi connectivity index (χ2v) is 11.0. The van der Waals surface area contributed by atoms with Crippen molar-refractivity contribution in [2.24, 2.45) is 0 Å². The number of nitrogens with one attached hydrogen (secondary N) is 1. The number of amides is 1. The molecule has 0 radical (unpaired) electrons. The third-order valence-corrected chi connectivity index (χ3v) is 7.95. The lowest BCUT2D eigenvalue weighted by molar-refractivity contribution is -0.119. The van der Waals surface area contributed by atoms with Gasteiger partial charge in [0, 0.05) is 35.9 Å². The minimum atomic E-state index is -0.559. The van der Waals surface area contributed by atoms with Gasteiger partial charge in [-0.2, -0.15) is 0 Å². The van der Waals surface area contributed by atoms with Gasteiger partial charge in [-0.05, 0) is 75.7 Å². The van der Waals surface area contributed by atoms with Crippen molar-refractivity contribution in [2.45, 2.75) is 44.4 Å². The van der Waals surface area contributed by atoms with E-state index in [1.807, 2.05) is 54.3 Å². The van der Waals surface area contributed by atoms with E-state index in [0.29, 0.717) is 17.6 Å². The van der Waals surface area contributed by atoms with Gasteiger partial charge in [-0.25, -0.2) is 4.98 Å². The Morgan fingerprint density at radius 2 is 1.94 bits per heavy atom. The largest absolute Gasteiger partial charge is 0.491 e. The number of aliphatic hydroxyl groups excluding tert-OH is 1. The number of piperidine rings is 1. The Labute approximate surface area is 214 Å². The number of hydrogen-bond donors (Lipinski definition) is 2. The molecule has 9 heteroatoms. The van der Waals surface area contributed by atoms with Gasteiger partial charge in [0.15, 0.2) is 0 Å². The standard InChI is InChI=1S/C26H31ClN4O3S/c1-17-28-24-14-22(6-7-25(24)35-17)34-16-21(32)15-30-11-8-19(9-12-30)29-23-10-13-31(26(23)33)20-4-2-18(27)3-5-20/h2-7,14,19,21,23,29,32H,8-13,15-16H2,1H3. The molecule has 3 heterocycles. The molecule has 0 spiro atoms. The lowest BCUT2D eigenvalue weighted by Gasteiger charge is -2.34. The average Bonchev–Trinajstić information content (AvgIpc) is 3.40. The summed E-state index contributed by atoms with van der Waals surface area (Å²) >= 11 is 7.64. The summed E-state index contributed by atoms with van der Waals surface area (Å²) in [5, 5.41) is 15.8. The second-order valence-electron chi connectivity index (χ2n) is 9.38. The number of aromatic nitrogens is 1. The van der Waals surface area contributed by atoms with Gasteiger partial charge >= 0.3 is 0 Å². The first kappa shape index (κ1) is 24.5. The molecule has 2 atom stereocenters. The number of halogens is 1. The van der Waals surface area contributed by atoms with Gasteiger partial charge in [-0.3, -0.25) is 4.79 Å². The van der Waals surface area contributed by atoms with Crippen molar-refractivity contribution < 1.29 is 14.6 Å². The highest BCUT2D eigenvalue weighted by Crippen LogP contribution is 2.26. The van der Waals surface area contributed by atoms with Crippen LogP contribution in [0.5, 0.6) is 5.75 Å². The Kier molecular flexibility index (Phi) is 7.55. The fraction of sp³-hybridized carbons (Fsp3) is 0.462. The number of β-amino-alcohol motifs (C(OH)–C–C–N with tert-alkyl or cyclic N) is 1. The van der Waals surface area contributed by atoms with Crippen molar-refractivity contribution in [3.63, 3.8) is 0 Å². The van der Waals surface area contributed by atoms with Crippen molar-refractivity contribution >= 4 is 44.7 Å². The predicted octanol–water partition coefficient (Wildman–Crippen LogP) is 3.86. The zero-order valence-electron chi connectivity index (χ0n) is 19.8. The molecule has 2 fully saturated rings. The molecule has 0 saturated carbocycles. The first-order chi connectivity index (χ1) is 16.9. The number of likely N-dealkylation sites (tertiary alicyclic amines) is 1. The molecule has 2 N–H and O–H groups in total. The summed E-state index contributed by atoms with van der Waals surface area (Å²) in [7, 11) is 0. The van der Waals surface area contributed by atoms with Crippen LogP contribution in [0.15, 0.2) is 42.5 Å². The maximum Gasteiger partial charge on any atom is 0.244 e. The van der Waals surface area contributed by atoms with E-state index in [9.17, 15) is 9.90 Å². The number of aryl methyl sites for hydroxylation is 1. The fourth-order valence-electron chi connectivity index (χ4n) is 4.93. The molecule has 0 aliphatic carbocycles. The van der Waals surface area contributed by atoms with Gasteiger partial charge in [-0.1, -0.05) is 11.6 Å². The smallest absolute Gasteiger partial charge is 0.244 e. The Morgan fingerprint density at radius 1 is 1.17 bits per heavy atom. The van der Waals surface area contributed by atoms with Crippen LogP contribution < -0.4 is 15.0 Å². The molecule has 3 aromatic rings. The molecule has 2 aliphatic rings. The van der Waals surface area contributed by atoms with Crippen molar-refractivity contribution in [3.8, 4) is 5.75 Å². The Balaban J connectivity index is 1.04. The zero-order chi connectivity index (χ0) is 24.4. The number of carbonyl (C=O) groups excluding carboxylic acids is 1. The van der Waals surface area contributed by atoms with Gasteiger partial charge in [0.25, 0.3) is 0 Å². The number of ether oxygens (including phenoxy) is 1. The highest BCUT2D eigenvalue weighted by atomic mass is 35.5. The second kappa shape index (κ2) is 10.8. The van der Waals surface area contributed by atoms with Gasteiger partial charge in [0.05, 0.1) is 21.3 Å². The number of hydrogen-bond acceptors (Lipinski definition) is 7. The van der Waals surface area contributed by atoms with E-state index in [1.165, 1.54) is 0 Å². The van der Waals surface area contributed by atoms with Crippen molar-refractivity contribution in [1.29, 1.82) is 0 Å². The van der Waals surface area contributed by atoms with E-state index in [-0.39, 0.29) is 18.6 Å². The maximum atomic E-state index is 12.9. The summed E-state index contributed by atoms with van der Waals surface area (Å²) in [5.41, 5.74) is 1.84. The van der Waals surface area contributed by atoms with Crippen LogP contribution in [0.3, 0.4) is 0 Å². The van der Waals surface area contributed by atoms with Crippen molar-refractivity contribution in [1.82, 2.24) is 15.2 Å². The molecule has 2 unspecified atom stereocenters. The highest BCUT2D eigenvalue weighted by Gasteiger charge is 2.34. The first-order valence-corrected chi connectivity index (χ1v) is 13.4. The number of rotatable bonds is 8. The van der Waals surface area contributed by atoms with E-state index in [4.69, 9.17) is 16.3 Å². The molecule has 1 amide bonds. The van der Waals surface area contributed by atoms with Crippen LogP contribution in [0.25, 0.3) is 10.2 Å². The van der Waals surface area contributed by atoms with Gasteiger partial charge in [0.1, 0.15) is 18.5 Å². The molecule has 5 rings (SSSR count). The average molecular weight is 515 g/mol. The van der Waals surface area contributed by atoms with Crippen LogP contribution in [0, 0.1) is 6.92 Å². The lowest BCUT2D eigenvalue weighted by Crippen LogP contribution is -2.50. The molecular weight excluding hydrogens is 484 g/mol. The van der Waals surface area contributed by atoms with E-state index in [1.54, 1.807) is 11.3 Å². The predicted molar refractivity (Wildman–Crippen MR) is 141 cm³/mol. The highest BCUT2D eigenvalue weighted by molar-refractivity contribution is 7.18. The zero-order valence-corrected chi connectivity index (χ0v) is 21.4. The number of anilines is 1. The minimum Gasteiger partial charge on any atom is -0.491 e. The van der Waals surface area contributed by atoms with E-state index in [2.05, 4.69) is 15.2 Å². The van der Waals surface area contributed by atoms with E-state index < -0.39 is 6.10 Å². The SMILES string of the molecule is Cc1nc2cc(OCC(O)CN3CCC(NC4CCN(c5ccc(Cl)cc5)C4=O)CC3)ccc2s1.